The van der Waals surface area contributed by atoms with Crippen molar-refractivity contribution in [1.82, 2.24) is 9.88 Å². The maximum absolute atomic E-state index is 13.1. The van der Waals surface area contributed by atoms with E-state index in [-0.39, 0.29) is 34.5 Å². The predicted molar refractivity (Wildman–Crippen MR) is 122 cm³/mol. The summed E-state index contributed by atoms with van der Waals surface area (Å²) in [7, 11) is 0. The Morgan fingerprint density at radius 1 is 1.00 bits per heavy atom. The number of hydrogen-bond donors (Lipinski definition) is 0. The van der Waals surface area contributed by atoms with Crippen molar-refractivity contribution in [3.05, 3.63) is 56.7 Å². The van der Waals surface area contributed by atoms with E-state index in [9.17, 15) is 28.1 Å². The Bertz CT molecular complexity index is 1090. The van der Waals surface area contributed by atoms with E-state index >= 15 is 0 Å². The number of halogens is 4. The van der Waals surface area contributed by atoms with Crippen LogP contribution in [-0.4, -0.2) is 60.0 Å². The molecule has 0 saturated carbocycles. The number of hydrogen-bond acceptors (Lipinski definition) is 6. The van der Waals surface area contributed by atoms with E-state index in [0.717, 1.165) is 38.2 Å². The van der Waals surface area contributed by atoms with Crippen LogP contribution in [0.5, 0.6) is 0 Å². The molecule has 182 valence electrons. The molecule has 1 aromatic carbocycles. The molecule has 1 aromatic heterocycles. The van der Waals surface area contributed by atoms with Gasteiger partial charge in [-0.25, -0.2) is 4.98 Å². The summed E-state index contributed by atoms with van der Waals surface area (Å²) in [5.41, 5.74) is -0.269. The smallest absolute Gasteiger partial charge is 0.366 e. The number of anilines is 2. The highest BCUT2D eigenvalue weighted by atomic mass is 35.5. The molecule has 0 unspecified atom stereocenters. The van der Waals surface area contributed by atoms with Crippen molar-refractivity contribution >= 4 is 34.7 Å². The summed E-state index contributed by atoms with van der Waals surface area (Å²) in [4.78, 5) is 33.5. The molecule has 34 heavy (non-hydrogen) atoms. The average molecular weight is 498 g/mol. The number of nitro groups is 1. The average Bonchev–Trinajstić information content (AvgIpc) is 3.22. The zero-order chi connectivity index (χ0) is 24.5. The van der Waals surface area contributed by atoms with Gasteiger partial charge in [0.1, 0.15) is 11.5 Å². The van der Waals surface area contributed by atoms with Crippen molar-refractivity contribution in [2.45, 2.75) is 25.4 Å². The van der Waals surface area contributed by atoms with Crippen LogP contribution in [0.3, 0.4) is 0 Å². The molecule has 4 rings (SSSR count). The number of nitrogens with zero attached hydrogens (tertiary/aromatic N) is 5. The first-order valence-electron chi connectivity index (χ1n) is 11.0. The lowest BCUT2D eigenvalue weighted by atomic mass is 10.1. The largest absolute Gasteiger partial charge is 0.417 e. The number of aromatic nitrogens is 1. The van der Waals surface area contributed by atoms with Gasteiger partial charge < -0.3 is 14.7 Å². The van der Waals surface area contributed by atoms with Crippen LogP contribution >= 0.6 is 11.6 Å². The van der Waals surface area contributed by atoms with Crippen LogP contribution < -0.4 is 9.80 Å². The minimum Gasteiger partial charge on any atom is -0.366 e. The maximum atomic E-state index is 13.1. The molecule has 2 aliphatic heterocycles. The Balaban J connectivity index is 1.49. The van der Waals surface area contributed by atoms with E-state index in [4.69, 9.17) is 11.6 Å². The highest BCUT2D eigenvalue weighted by Crippen LogP contribution is 2.34. The molecule has 2 aliphatic rings. The van der Waals surface area contributed by atoms with Crippen LogP contribution in [-0.2, 0) is 6.18 Å². The molecule has 0 radical (unpaired) electrons. The number of carbonyl (C=O) groups excluding carboxylic acids is 1. The molecule has 1 amide bonds. The Hall–Kier alpha value is -3.08. The molecule has 0 aliphatic carbocycles. The first-order chi connectivity index (χ1) is 16.1. The standard InChI is InChI=1S/C22H23ClF3N5O3/c23-17-13-16(22(24,25)26)14-27-20(17)29-8-3-9-30(11-10-29)21(32)15-4-5-18(19(12-15)31(33)34)28-6-1-2-7-28/h4-5,12-14H,1-3,6-11H2. The lowest BCUT2D eigenvalue weighted by molar-refractivity contribution is -0.384. The highest BCUT2D eigenvalue weighted by molar-refractivity contribution is 6.33. The molecular weight excluding hydrogens is 475 g/mol. The summed E-state index contributed by atoms with van der Waals surface area (Å²) in [5.74, 6) is -0.0982. The van der Waals surface area contributed by atoms with E-state index in [2.05, 4.69) is 4.98 Å². The summed E-state index contributed by atoms with van der Waals surface area (Å²) in [6, 6.07) is 5.42. The van der Waals surface area contributed by atoms with Gasteiger partial charge in [0.05, 0.1) is 15.5 Å². The van der Waals surface area contributed by atoms with E-state index < -0.39 is 16.7 Å². The number of amides is 1. The Morgan fingerprint density at radius 2 is 1.71 bits per heavy atom. The number of nitro benzene ring substituents is 1. The van der Waals surface area contributed by atoms with Crippen molar-refractivity contribution in [1.29, 1.82) is 0 Å². The summed E-state index contributed by atoms with van der Waals surface area (Å²) in [5, 5.41) is 11.6. The lowest BCUT2D eigenvalue weighted by Crippen LogP contribution is -2.35. The molecule has 0 spiro atoms. The molecule has 0 atom stereocenters. The molecule has 0 bridgehead atoms. The Morgan fingerprint density at radius 3 is 2.35 bits per heavy atom. The van der Waals surface area contributed by atoms with Gasteiger partial charge in [0, 0.05) is 57.1 Å². The third kappa shape index (κ3) is 5.03. The fourth-order valence-electron chi connectivity index (χ4n) is 4.36. The summed E-state index contributed by atoms with van der Waals surface area (Å²) < 4.78 is 38.7. The van der Waals surface area contributed by atoms with Gasteiger partial charge in [0.15, 0.2) is 0 Å². The van der Waals surface area contributed by atoms with Crippen LogP contribution in [0.1, 0.15) is 35.2 Å². The molecule has 0 N–H and O–H groups in total. The lowest BCUT2D eigenvalue weighted by Gasteiger charge is -2.24. The second-order valence-corrected chi connectivity index (χ2v) is 8.72. The summed E-state index contributed by atoms with van der Waals surface area (Å²) in [6.07, 6.45) is -1.31. The van der Waals surface area contributed by atoms with Gasteiger partial charge in [-0.1, -0.05) is 11.6 Å². The summed E-state index contributed by atoms with van der Waals surface area (Å²) in [6.45, 7) is 2.94. The first-order valence-corrected chi connectivity index (χ1v) is 11.3. The van der Waals surface area contributed by atoms with Crippen LogP contribution in [0.25, 0.3) is 0 Å². The Kier molecular flexibility index (Phi) is 6.83. The number of pyridine rings is 1. The monoisotopic (exact) mass is 497 g/mol. The topological polar surface area (TPSA) is 82.8 Å². The van der Waals surface area contributed by atoms with Crippen molar-refractivity contribution < 1.29 is 22.9 Å². The van der Waals surface area contributed by atoms with Gasteiger partial charge in [0.25, 0.3) is 11.6 Å². The van der Waals surface area contributed by atoms with Crippen LogP contribution in [0.4, 0.5) is 30.4 Å². The molecule has 2 saturated heterocycles. The second-order valence-electron chi connectivity index (χ2n) is 8.31. The number of alkyl halides is 3. The van der Waals surface area contributed by atoms with Gasteiger partial charge in [-0.15, -0.1) is 0 Å². The van der Waals surface area contributed by atoms with Crippen molar-refractivity contribution in [2.75, 3.05) is 49.1 Å². The minimum absolute atomic E-state index is 0.0927. The van der Waals surface area contributed by atoms with Crippen LogP contribution in [0.2, 0.25) is 5.02 Å². The third-order valence-corrected chi connectivity index (χ3v) is 6.38. The second kappa shape index (κ2) is 9.65. The predicted octanol–water partition coefficient (Wildman–Crippen LogP) is 4.61. The van der Waals surface area contributed by atoms with Gasteiger partial charge in [0.2, 0.25) is 0 Å². The molecule has 2 fully saturated rings. The zero-order valence-electron chi connectivity index (χ0n) is 18.2. The van der Waals surface area contributed by atoms with Crippen LogP contribution in [0, 0.1) is 10.1 Å². The zero-order valence-corrected chi connectivity index (χ0v) is 19.0. The van der Waals surface area contributed by atoms with E-state index in [0.29, 0.717) is 31.7 Å². The molecule has 2 aromatic rings. The van der Waals surface area contributed by atoms with Gasteiger partial charge in [-0.3, -0.25) is 14.9 Å². The molecule has 12 heteroatoms. The first kappa shape index (κ1) is 24.1. The number of rotatable bonds is 4. The fourth-order valence-corrected chi connectivity index (χ4v) is 4.65. The van der Waals surface area contributed by atoms with E-state index in [1.807, 2.05) is 4.90 Å². The molecule has 8 nitrogen and oxygen atoms in total. The van der Waals surface area contributed by atoms with Gasteiger partial charge in [-0.2, -0.15) is 13.2 Å². The normalized spacial score (nSPS) is 17.1. The molecular formula is C22H23ClF3N5O3. The van der Waals surface area contributed by atoms with E-state index in [1.165, 1.54) is 6.07 Å². The van der Waals surface area contributed by atoms with Crippen molar-refractivity contribution in [2.24, 2.45) is 0 Å². The summed E-state index contributed by atoms with van der Waals surface area (Å²) >= 11 is 6.08. The molecule has 3 heterocycles. The van der Waals surface area contributed by atoms with Crippen molar-refractivity contribution in [3.8, 4) is 0 Å². The van der Waals surface area contributed by atoms with Crippen molar-refractivity contribution in [3.63, 3.8) is 0 Å². The highest BCUT2D eigenvalue weighted by Gasteiger charge is 2.32. The van der Waals surface area contributed by atoms with Gasteiger partial charge >= 0.3 is 6.18 Å². The Labute approximate surface area is 199 Å². The number of benzene rings is 1. The van der Waals surface area contributed by atoms with Gasteiger partial charge in [-0.05, 0) is 37.5 Å². The minimum atomic E-state index is -4.54. The fraction of sp³-hybridized carbons (Fsp3) is 0.455. The van der Waals surface area contributed by atoms with E-state index in [1.54, 1.807) is 21.9 Å². The quantitative estimate of drug-likeness (QED) is 0.453. The third-order valence-electron chi connectivity index (χ3n) is 6.10. The maximum Gasteiger partial charge on any atom is 0.417 e. The van der Waals surface area contributed by atoms with Crippen LogP contribution in [0.15, 0.2) is 30.5 Å². The number of carbonyl (C=O) groups is 1. The SMILES string of the molecule is O=C(c1ccc(N2CCCC2)c([N+](=O)[O-])c1)N1CCCN(c2ncc(C(F)(F)F)cc2Cl)CC1.